The van der Waals surface area contributed by atoms with Crippen LogP contribution in [-0.4, -0.2) is 61.1 Å². The van der Waals surface area contributed by atoms with Gasteiger partial charge in [0.1, 0.15) is 0 Å². The van der Waals surface area contributed by atoms with Crippen molar-refractivity contribution in [2.24, 2.45) is 0 Å². The maximum atomic E-state index is 13.2. The third-order valence-corrected chi connectivity index (χ3v) is 7.09. The van der Waals surface area contributed by atoms with E-state index in [0.29, 0.717) is 24.7 Å². The molecule has 2 amide bonds. The number of benzene rings is 2. The van der Waals surface area contributed by atoms with Crippen LogP contribution in [0.2, 0.25) is 5.02 Å². The van der Waals surface area contributed by atoms with Gasteiger partial charge in [0.05, 0.1) is 5.52 Å². The first-order valence-corrected chi connectivity index (χ1v) is 14.8. The summed E-state index contributed by atoms with van der Waals surface area (Å²) in [5.41, 5.74) is 3.01. The molecule has 0 saturated heterocycles. The van der Waals surface area contributed by atoms with Crippen LogP contribution in [0.3, 0.4) is 0 Å². The number of rotatable bonds is 12. The van der Waals surface area contributed by atoms with Gasteiger partial charge in [0.2, 0.25) is 0 Å². The van der Waals surface area contributed by atoms with Crippen molar-refractivity contribution in [3.63, 3.8) is 0 Å². The van der Waals surface area contributed by atoms with Crippen LogP contribution in [-0.2, 0) is 23.6 Å². The first-order chi connectivity index (χ1) is 20.5. The van der Waals surface area contributed by atoms with Crippen molar-refractivity contribution in [2.45, 2.75) is 19.4 Å². The van der Waals surface area contributed by atoms with Crippen molar-refractivity contribution in [2.75, 3.05) is 45.6 Å². The number of anilines is 1. The zero-order valence-corrected chi connectivity index (χ0v) is 26.7. The average Bonchev–Trinajstić information content (AvgIpc) is 3.71. The smallest absolute Gasteiger partial charge is 0.384 e. The topological polar surface area (TPSA) is 60.5 Å². The number of amides is 2. The summed E-state index contributed by atoms with van der Waals surface area (Å²) in [6.07, 6.45) is 20.0. The summed E-state index contributed by atoms with van der Waals surface area (Å²) >= 11 is 6.11. The molecule has 2 fully saturated rings. The number of unbranched alkanes of at least 4 members (excludes halogenated alkanes) is 1. The van der Waals surface area contributed by atoms with E-state index in [1.54, 1.807) is 6.20 Å². The molecule has 10 radical (unpaired) electrons. The van der Waals surface area contributed by atoms with Gasteiger partial charge in [-0.2, -0.15) is 0 Å². The molecule has 0 atom stereocenters. The summed E-state index contributed by atoms with van der Waals surface area (Å²) in [4.78, 5) is 21.7. The van der Waals surface area contributed by atoms with Crippen molar-refractivity contribution in [1.29, 1.82) is 0 Å². The molecule has 2 N–H and O–H groups in total. The van der Waals surface area contributed by atoms with Crippen molar-refractivity contribution in [3.05, 3.63) is 135 Å². The summed E-state index contributed by atoms with van der Waals surface area (Å²) in [5.74, 6) is 2.46. The third kappa shape index (κ3) is 11.9. The molecule has 0 unspecified atom stereocenters. The Labute approximate surface area is 274 Å². The Bertz CT molecular complexity index is 1220. The van der Waals surface area contributed by atoms with E-state index in [2.05, 4.69) is 53.9 Å². The maximum absolute atomic E-state index is 13.2. The van der Waals surface area contributed by atoms with Crippen molar-refractivity contribution < 1.29 is 21.9 Å². The number of carbonyl (C=O) groups excluding carboxylic acids is 1. The number of halogens is 1. The van der Waals surface area contributed by atoms with Gasteiger partial charge in [-0.3, -0.25) is 4.98 Å². The molecule has 0 aliphatic heterocycles. The van der Waals surface area contributed by atoms with Crippen LogP contribution in [0, 0.1) is 63.2 Å². The van der Waals surface area contributed by atoms with Gasteiger partial charge in [-0.15, -0.1) is 0 Å². The second-order valence-corrected chi connectivity index (χ2v) is 10.9. The molecule has 224 valence electrons. The van der Waals surface area contributed by atoms with Gasteiger partial charge in [0, 0.05) is 66.9 Å². The van der Waals surface area contributed by atoms with Crippen molar-refractivity contribution in [1.82, 2.24) is 20.1 Å². The number of fused-ring (bicyclic) bond motifs is 1. The normalized spacial score (nSPS) is 15.2. The molecule has 2 aromatic carbocycles. The number of nitrogens with zero attached hydrogens (tertiary/aromatic N) is 3. The van der Waals surface area contributed by atoms with E-state index in [4.69, 9.17) is 11.6 Å². The van der Waals surface area contributed by atoms with E-state index in [-0.39, 0.29) is 23.1 Å². The number of aromatic nitrogens is 1. The monoisotopic (exact) mass is 637 g/mol. The molecular formula is C35H40ClFeN5O+2. The Morgan fingerprint density at radius 2 is 1.56 bits per heavy atom. The van der Waals surface area contributed by atoms with Crippen molar-refractivity contribution in [3.8, 4) is 0 Å². The fourth-order valence-electron chi connectivity index (χ4n) is 4.73. The predicted molar refractivity (Wildman–Crippen MR) is 174 cm³/mol. The van der Waals surface area contributed by atoms with Gasteiger partial charge in [0.25, 0.3) is 0 Å². The van der Waals surface area contributed by atoms with E-state index < -0.39 is 0 Å². The molecule has 2 aliphatic rings. The zero-order valence-electron chi connectivity index (χ0n) is 24.8. The molecule has 3 aromatic rings. The van der Waals surface area contributed by atoms with Crippen LogP contribution in [0.15, 0.2) is 60.8 Å². The number of nitrogens with one attached hydrogen (secondary N) is 2. The molecule has 6 nitrogen and oxygen atoms in total. The van der Waals surface area contributed by atoms with E-state index >= 15 is 0 Å². The second kappa shape index (κ2) is 19.2. The summed E-state index contributed by atoms with van der Waals surface area (Å²) < 4.78 is 0. The fraction of sp³-hybridized carbons (Fsp3) is 0.257. The Morgan fingerprint density at radius 1 is 0.860 bits per heavy atom. The third-order valence-electron chi connectivity index (χ3n) is 6.86. The molecule has 1 aromatic heterocycles. The standard InChI is InChI=1S/C30H35ClN5O.C5H5.Fe/c1-35(2)21-24-11-8-12-25(24)22-36(30(37)34-20-23-9-4-3-5-10-23)18-7-6-16-32-28-15-17-33-29-19-26(31)13-14-27(28)29;1-2-4-5-3-1;/h3-5,8-15,17,19H,6-7,16,18,20-22H2,1-2H3,(H,32,33)(H,34,37);1-5H;/q;;+2. The van der Waals surface area contributed by atoms with Crippen LogP contribution in [0.25, 0.3) is 10.9 Å². The zero-order chi connectivity index (χ0) is 29.6. The van der Waals surface area contributed by atoms with E-state index in [9.17, 15) is 4.79 Å². The summed E-state index contributed by atoms with van der Waals surface area (Å²) in [6.45, 7) is 3.46. The molecule has 8 heteroatoms. The first kappa shape index (κ1) is 35.2. The van der Waals surface area contributed by atoms with Crippen LogP contribution < -0.4 is 10.6 Å². The predicted octanol–water partition coefficient (Wildman–Crippen LogP) is 6.65. The molecule has 0 spiro atoms. The van der Waals surface area contributed by atoms with Crippen molar-refractivity contribution >= 4 is 34.2 Å². The van der Waals surface area contributed by atoms with Gasteiger partial charge in [-0.25, -0.2) is 4.79 Å². The minimum atomic E-state index is -0.0363. The molecule has 43 heavy (non-hydrogen) atoms. The SMILES string of the molecule is CN(C)C[C]1[CH][CH][CH][C]1CN(CCCCNc1ccnc2cc(Cl)ccc12)C(=O)NCc1ccccc1.[CH]1[CH][CH][CH][CH]1.[Fe+2]. The quantitative estimate of drug-likeness (QED) is 0.173. The molecule has 1 heterocycles. The molecule has 2 aliphatic carbocycles. The van der Waals surface area contributed by atoms with E-state index in [1.807, 2.05) is 91.6 Å². The van der Waals surface area contributed by atoms with Gasteiger partial charge >= 0.3 is 23.1 Å². The van der Waals surface area contributed by atoms with Gasteiger partial charge in [-0.05, 0) is 108 Å². The van der Waals surface area contributed by atoms with Gasteiger partial charge in [-0.1, -0.05) is 41.9 Å². The summed E-state index contributed by atoms with van der Waals surface area (Å²) in [7, 11) is 4.13. The summed E-state index contributed by atoms with van der Waals surface area (Å²) in [5, 5.41) is 8.37. The Hall–Kier alpha value is -2.31. The minimum absolute atomic E-state index is 0. The molecule has 5 rings (SSSR count). The first-order valence-electron chi connectivity index (χ1n) is 14.4. The number of hydrogen-bond donors (Lipinski definition) is 2. The molecule has 2 saturated carbocycles. The Balaban J connectivity index is 0.000000765. The minimum Gasteiger partial charge on any atom is -0.384 e. The fourth-order valence-corrected chi connectivity index (χ4v) is 4.90. The molecule has 0 bridgehead atoms. The number of carbonyl (C=O) groups is 1. The second-order valence-electron chi connectivity index (χ2n) is 10.5. The van der Waals surface area contributed by atoms with E-state index in [1.165, 1.54) is 11.8 Å². The number of hydrogen-bond acceptors (Lipinski definition) is 4. The van der Waals surface area contributed by atoms with Crippen LogP contribution in [0.4, 0.5) is 10.5 Å². The number of pyridine rings is 1. The van der Waals surface area contributed by atoms with Gasteiger partial charge in [0.15, 0.2) is 0 Å². The van der Waals surface area contributed by atoms with E-state index in [0.717, 1.165) is 48.1 Å². The molecular weight excluding hydrogens is 598 g/mol. The van der Waals surface area contributed by atoms with Gasteiger partial charge < -0.3 is 20.4 Å². The summed E-state index contributed by atoms with van der Waals surface area (Å²) in [6, 6.07) is 17.7. The average molecular weight is 638 g/mol. The largest absolute Gasteiger partial charge is 2.00 e. The Morgan fingerprint density at radius 3 is 2.26 bits per heavy atom. The maximum Gasteiger partial charge on any atom is 2.00 e. The Kier molecular flexibility index (Phi) is 15.7. The van der Waals surface area contributed by atoms with Crippen LogP contribution >= 0.6 is 11.6 Å². The van der Waals surface area contributed by atoms with Crippen LogP contribution in [0.5, 0.6) is 0 Å². The van der Waals surface area contributed by atoms with Crippen LogP contribution in [0.1, 0.15) is 18.4 Å². The number of urea groups is 1.